The zero-order valence-electron chi connectivity index (χ0n) is 13.0. The Morgan fingerprint density at radius 3 is 2.38 bits per heavy atom. The van der Waals surface area contributed by atoms with Gasteiger partial charge < -0.3 is 9.47 Å². The van der Waals surface area contributed by atoms with Crippen molar-refractivity contribution in [3.63, 3.8) is 0 Å². The van der Waals surface area contributed by atoms with Crippen LogP contribution in [-0.2, 0) is 15.2 Å². The molecule has 120 valence electrons. The summed E-state index contributed by atoms with van der Waals surface area (Å²) in [6, 6.07) is 5.63. The zero-order chi connectivity index (χ0) is 16.1. The maximum absolute atomic E-state index is 12.1. The third-order valence-corrected chi connectivity index (χ3v) is 6.21. The standard InChI is InChI=1S/C15H23BrO4S/c1-5-19-13-8-6-7-12(11-16)14(13)20-9-10-21(17,18)15(2,3)4/h6-8H,5,9-11H2,1-4H3. The summed E-state index contributed by atoms with van der Waals surface area (Å²) in [6.07, 6.45) is 0. The summed E-state index contributed by atoms with van der Waals surface area (Å²) in [5.74, 6) is 1.24. The highest BCUT2D eigenvalue weighted by molar-refractivity contribution is 9.08. The van der Waals surface area contributed by atoms with Crippen LogP contribution in [0.1, 0.15) is 33.3 Å². The molecule has 0 aliphatic carbocycles. The summed E-state index contributed by atoms with van der Waals surface area (Å²) >= 11 is 3.40. The maximum Gasteiger partial charge on any atom is 0.165 e. The van der Waals surface area contributed by atoms with E-state index in [1.165, 1.54) is 0 Å². The summed E-state index contributed by atoms with van der Waals surface area (Å²) in [5, 5.41) is 0.620. The van der Waals surface area contributed by atoms with Gasteiger partial charge in [-0.3, -0.25) is 0 Å². The number of alkyl halides is 1. The molecule has 0 unspecified atom stereocenters. The predicted molar refractivity (Wildman–Crippen MR) is 89.3 cm³/mol. The third-order valence-electron chi connectivity index (χ3n) is 3.04. The van der Waals surface area contributed by atoms with Crippen LogP contribution in [0.25, 0.3) is 0 Å². The van der Waals surface area contributed by atoms with Crippen molar-refractivity contribution >= 4 is 25.8 Å². The van der Waals surface area contributed by atoms with Crippen molar-refractivity contribution in [2.75, 3.05) is 19.0 Å². The predicted octanol–water partition coefficient (Wildman–Crippen LogP) is 3.57. The summed E-state index contributed by atoms with van der Waals surface area (Å²) in [5.41, 5.74) is 0.939. The van der Waals surface area contributed by atoms with Gasteiger partial charge in [-0.25, -0.2) is 8.42 Å². The highest BCUT2D eigenvalue weighted by Crippen LogP contribution is 2.33. The van der Waals surface area contributed by atoms with Crippen molar-refractivity contribution in [3.8, 4) is 11.5 Å². The lowest BCUT2D eigenvalue weighted by Gasteiger charge is -2.20. The van der Waals surface area contributed by atoms with Gasteiger partial charge in [-0.05, 0) is 33.8 Å². The summed E-state index contributed by atoms with van der Waals surface area (Å²) in [7, 11) is -3.19. The molecule has 1 rings (SSSR count). The van der Waals surface area contributed by atoms with Gasteiger partial charge in [0.25, 0.3) is 0 Å². The first-order chi connectivity index (χ1) is 9.73. The summed E-state index contributed by atoms with van der Waals surface area (Å²) in [4.78, 5) is 0. The van der Waals surface area contributed by atoms with Gasteiger partial charge in [0.1, 0.15) is 6.61 Å². The van der Waals surface area contributed by atoms with Crippen molar-refractivity contribution in [1.29, 1.82) is 0 Å². The van der Waals surface area contributed by atoms with E-state index in [1.807, 2.05) is 25.1 Å². The van der Waals surface area contributed by atoms with E-state index in [2.05, 4.69) is 15.9 Å². The van der Waals surface area contributed by atoms with E-state index in [1.54, 1.807) is 20.8 Å². The molecule has 6 heteroatoms. The molecule has 0 N–H and O–H groups in total. The van der Waals surface area contributed by atoms with Crippen LogP contribution >= 0.6 is 15.9 Å². The molecule has 0 radical (unpaired) electrons. The van der Waals surface area contributed by atoms with Gasteiger partial charge in [-0.2, -0.15) is 0 Å². The molecule has 0 bridgehead atoms. The van der Waals surface area contributed by atoms with E-state index < -0.39 is 14.6 Å². The molecule has 0 saturated carbocycles. The normalized spacial score (nSPS) is 12.2. The molecule has 4 nitrogen and oxygen atoms in total. The Labute approximate surface area is 135 Å². The van der Waals surface area contributed by atoms with Crippen LogP contribution in [0.5, 0.6) is 11.5 Å². The molecule has 0 aromatic heterocycles. The van der Waals surface area contributed by atoms with Crippen molar-refractivity contribution in [1.82, 2.24) is 0 Å². The lowest BCUT2D eigenvalue weighted by molar-refractivity contribution is 0.286. The van der Waals surface area contributed by atoms with Gasteiger partial charge >= 0.3 is 0 Å². The average Bonchev–Trinajstić information content (AvgIpc) is 2.39. The Morgan fingerprint density at radius 2 is 1.86 bits per heavy atom. The van der Waals surface area contributed by atoms with E-state index in [0.717, 1.165) is 5.56 Å². The Morgan fingerprint density at radius 1 is 1.19 bits per heavy atom. The second-order valence-corrected chi connectivity index (χ2v) is 9.01. The van der Waals surface area contributed by atoms with Crippen LogP contribution in [0, 0.1) is 0 Å². The second kappa shape index (κ2) is 7.49. The van der Waals surface area contributed by atoms with Gasteiger partial charge in [-0.15, -0.1) is 0 Å². The highest BCUT2D eigenvalue weighted by Gasteiger charge is 2.28. The van der Waals surface area contributed by atoms with Gasteiger partial charge in [0, 0.05) is 10.9 Å². The van der Waals surface area contributed by atoms with Crippen LogP contribution in [0.4, 0.5) is 0 Å². The van der Waals surface area contributed by atoms with Crippen molar-refractivity contribution in [3.05, 3.63) is 23.8 Å². The fourth-order valence-electron chi connectivity index (χ4n) is 1.66. The largest absolute Gasteiger partial charge is 0.490 e. The van der Waals surface area contributed by atoms with Crippen molar-refractivity contribution in [2.45, 2.75) is 37.8 Å². The topological polar surface area (TPSA) is 52.6 Å². The first-order valence-corrected chi connectivity index (χ1v) is 9.66. The molecule has 0 aliphatic heterocycles. The number of rotatable bonds is 7. The van der Waals surface area contributed by atoms with Gasteiger partial charge in [0.05, 0.1) is 17.1 Å². The van der Waals surface area contributed by atoms with Crippen LogP contribution < -0.4 is 9.47 Å². The van der Waals surface area contributed by atoms with E-state index in [9.17, 15) is 8.42 Å². The smallest absolute Gasteiger partial charge is 0.165 e. The van der Waals surface area contributed by atoms with E-state index in [4.69, 9.17) is 9.47 Å². The summed E-state index contributed by atoms with van der Waals surface area (Å²) in [6.45, 7) is 7.63. The minimum atomic E-state index is -3.19. The molecule has 0 saturated heterocycles. The minimum absolute atomic E-state index is 0.0152. The van der Waals surface area contributed by atoms with Gasteiger partial charge in [0.2, 0.25) is 0 Å². The maximum atomic E-state index is 12.1. The Kier molecular flexibility index (Phi) is 6.53. The number of ether oxygens (including phenoxy) is 2. The number of halogens is 1. The van der Waals surface area contributed by atoms with Crippen molar-refractivity contribution < 1.29 is 17.9 Å². The van der Waals surface area contributed by atoms with Crippen molar-refractivity contribution in [2.24, 2.45) is 0 Å². The van der Waals surface area contributed by atoms with E-state index in [0.29, 0.717) is 23.4 Å². The average molecular weight is 379 g/mol. The Balaban J connectivity index is 2.84. The van der Waals surface area contributed by atoms with Crippen LogP contribution in [0.15, 0.2) is 18.2 Å². The molecule has 0 aliphatic rings. The van der Waals surface area contributed by atoms with E-state index in [-0.39, 0.29) is 12.4 Å². The molecule has 0 fully saturated rings. The number of hydrogen-bond donors (Lipinski definition) is 0. The van der Waals surface area contributed by atoms with E-state index >= 15 is 0 Å². The number of para-hydroxylation sites is 1. The Hall–Kier alpha value is -0.750. The number of hydrogen-bond acceptors (Lipinski definition) is 4. The lowest BCUT2D eigenvalue weighted by Crippen LogP contribution is -2.32. The molecule has 0 amide bonds. The molecule has 21 heavy (non-hydrogen) atoms. The molecular weight excluding hydrogens is 356 g/mol. The molecule has 1 aromatic carbocycles. The van der Waals surface area contributed by atoms with Crippen LogP contribution in [0.2, 0.25) is 0 Å². The number of benzene rings is 1. The van der Waals surface area contributed by atoms with Crippen LogP contribution in [0.3, 0.4) is 0 Å². The first kappa shape index (κ1) is 18.3. The zero-order valence-corrected chi connectivity index (χ0v) is 15.4. The first-order valence-electron chi connectivity index (χ1n) is 6.88. The molecule has 0 heterocycles. The monoisotopic (exact) mass is 378 g/mol. The summed E-state index contributed by atoms with van der Waals surface area (Å²) < 4.78 is 34.6. The quantitative estimate of drug-likeness (QED) is 0.680. The Bertz CT molecular complexity index is 562. The minimum Gasteiger partial charge on any atom is -0.490 e. The molecule has 0 spiro atoms. The second-order valence-electron chi connectivity index (χ2n) is 5.59. The molecule has 0 atom stereocenters. The van der Waals surface area contributed by atoms with Gasteiger partial charge in [0.15, 0.2) is 21.3 Å². The van der Waals surface area contributed by atoms with Crippen LogP contribution in [-0.4, -0.2) is 32.1 Å². The number of sulfone groups is 1. The lowest BCUT2D eigenvalue weighted by atomic mass is 10.2. The molecular formula is C15H23BrO4S. The fourth-order valence-corrected chi connectivity index (χ4v) is 3.02. The molecule has 1 aromatic rings. The van der Waals surface area contributed by atoms with Gasteiger partial charge in [-0.1, -0.05) is 28.1 Å². The SMILES string of the molecule is CCOc1cccc(CBr)c1OCCS(=O)(=O)C(C)(C)C. The fraction of sp³-hybridized carbons (Fsp3) is 0.600. The highest BCUT2D eigenvalue weighted by atomic mass is 79.9. The third kappa shape index (κ3) is 4.88.